The van der Waals surface area contributed by atoms with Crippen LogP contribution in [0.2, 0.25) is 0 Å². The molecular formula is C28H46NO10P. The van der Waals surface area contributed by atoms with E-state index in [1.165, 1.54) is 44.9 Å². The van der Waals surface area contributed by atoms with Crippen molar-refractivity contribution < 1.29 is 47.4 Å². The summed E-state index contributed by atoms with van der Waals surface area (Å²) in [6, 6.07) is 6.11. The Morgan fingerprint density at radius 1 is 1.07 bits per heavy atom. The van der Waals surface area contributed by atoms with Crippen LogP contribution in [0.4, 0.5) is 0 Å². The van der Waals surface area contributed by atoms with Crippen molar-refractivity contribution in [3.8, 4) is 5.75 Å². The van der Waals surface area contributed by atoms with Gasteiger partial charge in [0.05, 0.1) is 19.8 Å². The molecule has 1 aliphatic rings. The van der Waals surface area contributed by atoms with Gasteiger partial charge in [0.25, 0.3) is 0 Å². The van der Waals surface area contributed by atoms with Crippen molar-refractivity contribution in [2.24, 2.45) is 5.73 Å². The number of carboxylic acids is 1. The minimum atomic E-state index is -4.64. The predicted octanol–water partition coefficient (Wildman–Crippen LogP) is 4.78. The lowest BCUT2D eigenvalue weighted by atomic mass is 10.1. The highest BCUT2D eigenvalue weighted by Crippen LogP contribution is 2.46. The van der Waals surface area contributed by atoms with E-state index in [4.69, 9.17) is 34.1 Å². The molecule has 0 bridgehead atoms. The van der Waals surface area contributed by atoms with Gasteiger partial charge >= 0.3 is 19.8 Å². The van der Waals surface area contributed by atoms with Crippen LogP contribution in [0, 0.1) is 0 Å². The third-order valence-corrected chi connectivity index (χ3v) is 7.62. The molecule has 0 spiro atoms. The first-order valence-electron chi connectivity index (χ1n) is 14.3. The summed E-state index contributed by atoms with van der Waals surface area (Å²) >= 11 is 0. The summed E-state index contributed by atoms with van der Waals surface area (Å²) in [6.45, 7) is 2.36. The Labute approximate surface area is 237 Å². The van der Waals surface area contributed by atoms with Crippen molar-refractivity contribution in [2.45, 2.75) is 102 Å². The second-order valence-corrected chi connectivity index (χ2v) is 11.4. The van der Waals surface area contributed by atoms with Gasteiger partial charge in [-0.2, -0.15) is 0 Å². The fourth-order valence-electron chi connectivity index (χ4n) is 4.28. The second kappa shape index (κ2) is 19.2. The van der Waals surface area contributed by atoms with E-state index in [9.17, 15) is 19.0 Å². The number of rotatable bonds is 21. The zero-order valence-electron chi connectivity index (χ0n) is 23.5. The lowest BCUT2D eigenvalue weighted by Gasteiger charge is -2.31. The molecule has 12 heteroatoms. The molecule has 1 heterocycles. The topological polar surface area (TPSA) is 164 Å². The van der Waals surface area contributed by atoms with E-state index in [2.05, 4.69) is 6.92 Å². The number of esters is 1. The van der Waals surface area contributed by atoms with E-state index in [0.717, 1.165) is 24.2 Å². The van der Waals surface area contributed by atoms with Crippen LogP contribution in [0.25, 0.3) is 0 Å². The number of aryl methyl sites for hydroxylation is 1. The lowest BCUT2D eigenvalue weighted by molar-refractivity contribution is -0.166. The van der Waals surface area contributed by atoms with Crippen LogP contribution in [0.3, 0.4) is 0 Å². The molecule has 4 atom stereocenters. The Balaban J connectivity index is 1.74. The molecule has 1 saturated heterocycles. The Bertz CT molecular complexity index is 930. The minimum Gasteiger partial charge on any atom is -0.493 e. The van der Waals surface area contributed by atoms with Crippen LogP contribution >= 0.6 is 7.82 Å². The van der Waals surface area contributed by atoms with E-state index in [-0.39, 0.29) is 26.1 Å². The zero-order valence-corrected chi connectivity index (χ0v) is 24.4. The van der Waals surface area contributed by atoms with Gasteiger partial charge in [0.15, 0.2) is 6.10 Å². The van der Waals surface area contributed by atoms with E-state index in [1.54, 1.807) is 0 Å². The number of phosphoric acid groups is 1. The number of benzene rings is 1. The number of hydrogen-bond acceptors (Lipinski definition) is 9. The van der Waals surface area contributed by atoms with Gasteiger partial charge in [0.1, 0.15) is 17.9 Å². The first kappa shape index (κ1) is 34.2. The van der Waals surface area contributed by atoms with Crippen LogP contribution in [-0.2, 0) is 39.1 Å². The van der Waals surface area contributed by atoms with E-state index in [1.807, 2.05) is 24.3 Å². The molecule has 2 rings (SSSR count). The number of aliphatic carboxylic acids is 1. The Morgan fingerprint density at radius 3 is 2.45 bits per heavy atom. The van der Waals surface area contributed by atoms with Crippen molar-refractivity contribution in [1.29, 1.82) is 0 Å². The first-order chi connectivity index (χ1) is 19.2. The fraction of sp³-hybridized carbons (Fsp3) is 0.714. The molecule has 40 heavy (non-hydrogen) atoms. The number of carboxylic acid groups (broad SMARTS) is 1. The van der Waals surface area contributed by atoms with Crippen LogP contribution in [0.15, 0.2) is 24.3 Å². The highest BCUT2D eigenvalue weighted by atomic mass is 31.2. The summed E-state index contributed by atoms with van der Waals surface area (Å²) in [6.07, 6.45) is 9.92. The van der Waals surface area contributed by atoms with Gasteiger partial charge in [-0.05, 0) is 24.5 Å². The molecule has 228 valence electrons. The normalized spacial score (nSPS) is 19.5. The number of carbonyl (C=O) groups is 2. The van der Waals surface area contributed by atoms with E-state index < -0.39 is 44.6 Å². The van der Waals surface area contributed by atoms with Crippen LogP contribution in [0.5, 0.6) is 5.75 Å². The smallest absolute Gasteiger partial charge is 0.472 e. The van der Waals surface area contributed by atoms with Gasteiger partial charge in [-0.1, -0.05) is 76.5 Å². The van der Waals surface area contributed by atoms with Gasteiger partial charge in [-0.3, -0.25) is 18.6 Å². The summed E-state index contributed by atoms with van der Waals surface area (Å²) in [4.78, 5) is 33.4. The van der Waals surface area contributed by atoms with Gasteiger partial charge in [0.2, 0.25) is 0 Å². The highest BCUT2D eigenvalue weighted by Gasteiger charge is 2.37. The van der Waals surface area contributed by atoms with E-state index >= 15 is 0 Å². The maximum atomic E-state index is 12.6. The number of ether oxygens (including phenoxy) is 3. The molecule has 4 N–H and O–H groups in total. The van der Waals surface area contributed by atoms with E-state index in [0.29, 0.717) is 13.0 Å². The highest BCUT2D eigenvalue weighted by molar-refractivity contribution is 7.47. The van der Waals surface area contributed by atoms with Gasteiger partial charge in [-0.25, -0.2) is 4.57 Å². The van der Waals surface area contributed by atoms with Gasteiger partial charge in [-0.15, -0.1) is 0 Å². The molecule has 0 aromatic heterocycles. The third kappa shape index (κ3) is 14.1. The summed E-state index contributed by atoms with van der Waals surface area (Å²) < 4.78 is 39.0. The van der Waals surface area contributed by atoms with Crippen LogP contribution < -0.4 is 10.5 Å². The second-order valence-electron chi connectivity index (χ2n) is 10.0. The quantitative estimate of drug-likeness (QED) is 0.103. The summed E-state index contributed by atoms with van der Waals surface area (Å²) in [7, 11) is -4.64. The SMILES string of the molecule is CCCCCCCCCCCOc1ccccc1CCC(=O)O[C@H]1COCC[C@H]1OP(=O)(O)OC[C@H](N)C(=O)O. The number of carbonyl (C=O) groups excluding carboxylic acids is 1. The molecule has 0 amide bonds. The maximum absolute atomic E-state index is 12.6. The van der Waals surface area contributed by atoms with Crippen LogP contribution in [0.1, 0.15) is 83.1 Å². The molecule has 11 nitrogen and oxygen atoms in total. The molecule has 1 fully saturated rings. The standard InChI is InChI=1S/C28H46NO10P/c1-2-3-4-5-6-7-8-9-12-18-36-24-14-11-10-13-22(24)15-16-27(30)38-26-21-35-19-17-25(26)39-40(33,34)37-20-23(29)28(31)32/h10-11,13-14,23,25-26H,2-9,12,15-21,29H2,1H3,(H,31,32)(H,33,34)/t23-,25+,26-/m0/s1. The largest absolute Gasteiger partial charge is 0.493 e. The molecule has 1 aromatic carbocycles. The van der Waals surface area contributed by atoms with Crippen molar-refractivity contribution in [3.63, 3.8) is 0 Å². The summed E-state index contributed by atoms with van der Waals surface area (Å²) in [5, 5.41) is 8.80. The van der Waals surface area contributed by atoms with Crippen molar-refractivity contribution in [2.75, 3.05) is 26.4 Å². The summed E-state index contributed by atoms with van der Waals surface area (Å²) in [5.41, 5.74) is 6.19. The average molecular weight is 588 g/mol. The maximum Gasteiger partial charge on any atom is 0.472 e. The predicted molar refractivity (Wildman–Crippen MR) is 149 cm³/mol. The Morgan fingerprint density at radius 2 is 1.75 bits per heavy atom. The molecule has 0 radical (unpaired) electrons. The van der Waals surface area contributed by atoms with Crippen molar-refractivity contribution >= 4 is 19.8 Å². The molecule has 1 unspecified atom stereocenters. The first-order valence-corrected chi connectivity index (χ1v) is 15.8. The van der Waals surface area contributed by atoms with Gasteiger partial charge < -0.3 is 29.9 Å². The minimum absolute atomic E-state index is 0.0104. The number of nitrogens with two attached hydrogens (primary N) is 1. The lowest BCUT2D eigenvalue weighted by Crippen LogP contribution is -2.42. The summed E-state index contributed by atoms with van der Waals surface area (Å²) in [5.74, 6) is -1.15. The molecule has 1 aromatic rings. The average Bonchev–Trinajstić information content (AvgIpc) is 2.93. The Kier molecular flexibility index (Phi) is 16.4. The van der Waals surface area contributed by atoms with Crippen molar-refractivity contribution in [3.05, 3.63) is 29.8 Å². The molecule has 0 aliphatic carbocycles. The monoisotopic (exact) mass is 587 g/mol. The van der Waals surface area contributed by atoms with Gasteiger partial charge in [0, 0.05) is 19.4 Å². The Hall–Kier alpha value is -2.01. The number of hydrogen-bond donors (Lipinski definition) is 3. The fourth-order valence-corrected chi connectivity index (χ4v) is 5.27. The number of para-hydroxylation sites is 1. The third-order valence-electron chi connectivity index (χ3n) is 6.61. The van der Waals surface area contributed by atoms with Crippen LogP contribution in [-0.4, -0.2) is 66.6 Å². The zero-order chi connectivity index (χ0) is 29.2. The van der Waals surface area contributed by atoms with Crippen molar-refractivity contribution in [1.82, 2.24) is 0 Å². The molecule has 0 saturated carbocycles. The number of unbranched alkanes of at least 4 members (excludes halogenated alkanes) is 8. The molecular weight excluding hydrogens is 541 g/mol. The molecule has 1 aliphatic heterocycles. The number of phosphoric ester groups is 1.